The number of aryl methyl sites for hydroxylation is 1. The molecule has 21 heavy (non-hydrogen) atoms. The minimum absolute atomic E-state index is 0.980. The lowest BCUT2D eigenvalue weighted by Crippen LogP contribution is -2.05. The molecule has 0 radical (unpaired) electrons. The summed E-state index contributed by atoms with van der Waals surface area (Å²) >= 11 is 0. The van der Waals surface area contributed by atoms with Crippen LogP contribution in [0, 0.1) is 18.8 Å². The molecule has 1 N–H and O–H groups in total. The highest BCUT2D eigenvalue weighted by molar-refractivity contribution is 5.78. The van der Waals surface area contributed by atoms with E-state index in [-0.39, 0.29) is 0 Å². The minimum atomic E-state index is 0.980. The van der Waals surface area contributed by atoms with Crippen LogP contribution in [-0.4, -0.2) is 6.54 Å². The fourth-order valence-electron chi connectivity index (χ4n) is 2.85. The van der Waals surface area contributed by atoms with E-state index in [0.717, 1.165) is 18.7 Å². The zero-order chi connectivity index (χ0) is 14.7. The fraction of sp³-hybridized carbons (Fsp3) is 0.200. The Kier molecular flexibility index (Phi) is 3.79. The number of rotatable bonds is 2. The van der Waals surface area contributed by atoms with Crippen molar-refractivity contribution in [3.63, 3.8) is 0 Å². The van der Waals surface area contributed by atoms with E-state index in [9.17, 15) is 0 Å². The van der Waals surface area contributed by atoms with Crippen molar-refractivity contribution in [3.05, 3.63) is 65.4 Å². The van der Waals surface area contributed by atoms with Gasteiger partial charge in [-0.1, -0.05) is 48.4 Å². The first-order valence-corrected chi connectivity index (χ1v) is 7.36. The van der Waals surface area contributed by atoms with Crippen molar-refractivity contribution in [1.82, 2.24) is 5.32 Å². The molecule has 0 aromatic heterocycles. The Hall–Kier alpha value is -2.46. The topological polar surface area (TPSA) is 12.0 Å². The molecule has 104 valence electrons. The summed E-state index contributed by atoms with van der Waals surface area (Å²) in [7, 11) is 0. The first kappa shape index (κ1) is 13.5. The predicted molar refractivity (Wildman–Crippen MR) is 89.6 cm³/mol. The zero-order valence-corrected chi connectivity index (χ0v) is 12.5. The molecule has 0 spiro atoms. The van der Waals surface area contributed by atoms with E-state index in [2.05, 4.69) is 72.6 Å². The molecule has 0 fully saturated rings. The van der Waals surface area contributed by atoms with Gasteiger partial charge in [-0.05, 0) is 60.1 Å². The molecule has 0 bridgehead atoms. The molecule has 0 aliphatic carbocycles. The van der Waals surface area contributed by atoms with Gasteiger partial charge >= 0.3 is 0 Å². The lowest BCUT2D eigenvalue weighted by molar-refractivity contribution is 0.899. The van der Waals surface area contributed by atoms with E-state index in [1.54, 1.807) is 0 Å². The van der Waals surface area contributed by atoms with Crippen molar-refractivity contribution in [3.8, 4) is 23.0 Å². The first-order valence-electron chi connectivity index (χ1n) is 7.36. The summed E-state index contributed by atoms with van der Waals surface area (Å²) in [6, 6.07) is 17.3. The quantitative estimate of drug-likeness (QED) is 0.800. The summed E-state index contributed by atoms with van der Waals surface area (Å²) in [5.41, 5.74) is 7.57. The van der Waals surface area contributed by atoms with E-state index in [1.165, 1.54) is 27.8 Å². The van der Waals surface area contributed by atoms with E-state index < -0.39 is 0 Å². The average molecular weight is 273 g/mol. The second kappa shape index (κ2) is 5.89. The van der Waals surface area contributed by atoms with Crippen molar-refractivity contribution in [2.75, 3.05) is 6.54 Å². The van der Waals surface area contributed by atoms with Gasteiger partial charge < -0.3 is 5.32 Å². The number of hydrogen-bond donors (Lipinski definition) is 1. The summed E-state index contributed by atoms with van der Waals surface area (Å²) in [5, 5.41) is 3.38. The third kappa shape index (κ3) is 2.71. The van der Waals surface area contributed by atoms with Gasteiger partial charge in [-0.25, -0.2) is 0 Å². The molecule has 0 amide bonds. The molecule has 0 saturated carbocycles. The Morgan fingerprint density at radius 2 is 1.81 bits per heavy atom. The van der Waals surface area contributed by atoms with Gasteiger partial charge in [0, 0.05) is 6.54 Å². The molecule has 1 heteroatoms. The Morgan fingerprint density at radius 3 is 2.62 bits per heavy atom. The first-order chi connectivity index (χ1) is 10.3. The lowest BCUT2D eigenvalue weighted by atomic mass is 9.95. The van der Waals surface area contributed by atoms with Crippen LogP contribution in [0.15, 0.2) is 54.2 Å². The summed E-state index contributed by atoms with van der Waals surface area (Å²) < 4.78 is 0. The Balaban J connectivity index is 2.07. The molecule has 0 saturated heterocycles. The van der Waals surface area contributed by atoms with Gasteiger partial charge in [-0.15, -0.1) is 0 Å². The van der Waals surface area contributed by atoms with E-state index in [1.807, 2.05) is 6.92 Å². The average Bonchev–Trinajstić information content (AvgIpc) is 2.97. The molecule has 0 unspecified atom stereocenters. The zero-order valence-electron chi connectivity index (χ0n) is 12.5. The van der Waals surface area contributed by atoms with Gasteiger partial charge in [0.2, 0.25) is 0 Å². The Bertz CT molecular complexity index is 757. The number of hydrogen-bond acceptors (Lipinski definition) is 1. The Morgan fingerprint density at radius 1 is 1.00 bits per heavy atom. The number of nitrogens with one attached hydrogen (secondary N) is 1. The summed E-state index contributed by atoms with van der Waals surface area (Å²) in [5.74, 6) is 6.18. The van der Waals surface area contributed by atoms with Crippen molar-refractivity contribution >= 4 is 5.57 Å². The van der Waals surface area contributed by atoms with Gasteiger partial charge in [-0.2, -0.15) is 0 Å². The van der Waals surface area contributed by atoms with E-state index >= 15 is 0 Å². The molecule has 0 atom stereocenters. The predicted octanol–water partition coefficient (Wildman–Crippen LogP) is 4.39. The van der Waals surface area contributed by atoms with Gasteiger partial charge in [0.05, 0.1) is 5.70 Å². The summed E-state index contributed by atoms with van der Waals surface area (Å²) in [4.78, 5) is 0. The van der Waals surface area contributed by atoms with E-state index in [4.69, 9.17) is 0 Å². The maximum absolute atomic E-state index is 3.38. The van der Waals surface area contributed by atoms with Crippen LogP contribution in [0.25, 0.3) is 16.7 Å². The smallest absolute Gasteiger partial charge is 0.0892 e. The van der Waals surface area contributed by atoms with Crippen LogP contribution < -0.4 is 5.32 Å². The van der Waals surface area contributed by atoms with Crippen LogP contribution in [-0.2, 0) is 0 Å². The van der Waals surface area contributed by atoms with Crippen molar-refractivity contribution in [2.45, 2.75) is 20.3 Å². The van der Waals surface area contributed by atoms with Crippen molar-refractivity contribution in [1.29, 1.82) is 0 Å². The Labute approximate surface area is 126 Å². The maximum atomic E-state index is 3.38. The van der Waals surface area contributed by atoms with Crippen LogP contribution in [0.1, 0.15) is 24.5 Å². The third-order valence-electron chi connectivity index (χ3n) is 3.90. The number of benzene rings is 2. The second-order valence-electron chi connectivity index (χ2n) is 5.30. The molecular formula is C20H19N. The molecule has 1 aliphatic rings. The monoisotopic (exact) mass is 273 g/mol. The molecule has 1 heterocycles. The molecule has 2 aromatic carbocycles. The van der Waals surface area contributed by atoms with Gasteiger partial charge in [0.25, 0.3) is 0 Å². The largest absolute Gasteiger partial charge is 0.378 e. The molecule has 2 aromatic rings. The van der Waals surface area contributed by atoms with Crippen LogP contribution in [0.3, 0.4) is 0 Å². The highest BCUT2D eigenvalue weighted by Gasteiger charge is 2.14. The SMILES string of the molecule is CC#CC1=C(c2cccc(-c3ccccc3C)c2)CCN1. The molecule has 1 nitrogen and oxygen atoms in total. The summed E-state index contributed by atoms with van der Waals surface area (Å²) in [6.45, 7) is 5.02. The van der Waals surface area contributed by atoms with Crippen LogP contribution >= 0.6 is 0 Å². The van der Waals surface area contributed by atoms with Crippen molar-refractivity contribution in [2.24, 2.45) is 0 Å². The second-order valence-corrected chi connectivity index (χ2v) is 5.30. The normalized spacial score (nSPS) is 13.6. The van der Waals surface area contributed by atoms with Crippen LogP contribution in [0.4, 0.5) is 0 Å². The number of allylic oxidation sites excluding steroid dienone is 1. The standard InChI is InChI=1S/C20H19N/c1-3-7-20-19(12-13-21-20)17-10-6-9-16(14-17)18-11-5-4-8-15(18)2/h4-6,8-11,14,21H,12-13H2,1-2H3. The highest BCUT2D eigenvalue weighted by atomic mass is 14.9. The minimum Gasteiger partial charge on any atom is -0.378 e. The van der Waals surface area contributed by atoms with Crippen LogP contribution in [0.5, 0.6) is 0 Å². The lowest BCUT2D eigenvalue weighted by Gasteiger charge is -2.09. The third-order valence-corrected chi connectivity index (χ3v) is 3.90. The summed E-state index contributed by atoms with van der Waals surface area (Å²) in [6.07, 6.45) is 1.04. The van der Waals surface area contributed by atoms with Crippen LogP contribution in [0.2, 0.25) is 0 Å². The maximum Gasteiger partial charge on any atom is 0.0892 e. The van der Waals surface area contributed by atoms with E-state index in [0.29, 0.717) is 0 Å². The van der Waals surface area contributed by atoms with Gasteiger partial charge in [0.1, 0.15) is 0 Å². The van der Waals surface area contributed by atoms with Gasteiger partial charge in [-0.3, -0.25) is 0 Å². The molecular weight excluding hydrogens is 254 g/mol. The fourth-order valence-corrected chi connectivity index (χ4v) is 2.85. The van der Waals surface area contributed by atoms with Crippen molar-refractivity contribution < 1.29 is 0 Å². The highest BCUT2D eigenvalue weighted by Crippen LogP contribution is 2.30. The molecule has 3 rings (SSSR count). The van der Waals surface area contributed by atoms with Gasteiger partial charge in [0.15, 0.2) is 0 Å². The molecule has 1 aliphatic heterocycles.